The molecule has 3 unspecified atom stereocenters. The first-order valence-electron chi connectivity index (χ1n) is 11.4. The third-order valence-electron chi connectivity index (χ3n) is 5.67. The van der Waals surface area contributed by atoms with E-state index in [-0.39, 0.29) is 23.3 Å². The molecule has 34 heavy (non-hydrogen) atoms. The Hall–Kier alpha value is -2.78. The topological polar surface area (TPSA) is 112 Å². The number of amides is 3. The van der Waals surface area contributed by atoms with Crippen LogP contribution < -0.4 is 10.6 Å². The molecule has 1 aromatic carbocycles. The maximum Gasteiger partial charge on any atom is 0.245 e. The van der Waals surface area contributed by atoms with E-state index in [2.05, 4.69) is 27.8 Å². The Labute approximate surface area is 205 Å². The van der Waals surface area contributed by atoms with Crippen LogP contribution in [-0.4, -0.2) is 58.5 Å². The zero-order chi connectivity index (χ0) is 25.5. The van der Waals surface area contributed by atoms with Gasteiger partial charge in [-0.2, -0.15) is 0 Å². The molecule has 186 valence electrons. The van der Waals surface area contributed by atoms with Gasteiger partial charge in [0.05, 0.1) is 28.2 Å². The van der Waals surface area contributed by atoms with Gasteiger partial charge in [0.2, 0.25) is 18.2 Å². The third kappa shape index (κ3) is 7.63. The van der Waals surface area contributed by atoms with Crippen LogP contribution in [0.25, 0.3) is 10.4 Å². The van der Waals surface area contributed by atoms with Gasteiger partial charge in [-0.1, -0.05) is 45.0 Å². The lowest BCUT2D eigenvalue weighted by Crippen LogP contribution is -2.54. The zero-order valence-corrected chi connectivity index (χ0v) is 21.6. The first kappa shape index (κ1) is 27.5. The Kier molecular flexibility index (Phi) is 9.76. The number of aryl methyl sites for hydroxylation is 1. The van der Waals surface area contributed by atoms with Crippen molar-refractivity contribution < 1.29 is 19.5 Å². The molecule has 2 heterocycles. The first-order chi connectivity index (χ1) is 15.9. The molecule has 8 nitrogen and oxygen atoms in total. The number of carbonyl (C=O) groups is 3. The van der Waals surface area contributed by atoms with Crippen LogP contribution >= 0.6 is 11.3 Å². The number of carbonyl (C=O) groups excluding carboxylic acids is 3. The minimum absolute atomic E-state index is 0.0455. The standard InChI is InChI=1S/C13H14N2OS.C12H22N2O3/c1-9(14-7-16)11-3-5-12(6-4-11)13-10(2)15-8-17-13;1-8(15)13-10(12(2,3)4)11(17)14-6-5-9(16)7-14/h3-9H,1-2H3,(H,14,16);9-10,16H,5-7H2,1-4H3,(H,13,15). The van der Waals surface area contributed by atoms with Crippen molar-refractivity contribution in [2.24, 2.45) is 5.41 Å². The van der Waals surface area contributed by atoms with Crippen molar-refractivity contribution in [2.75, 3.05) is 13.1 Å². The molecule has 1 aromatic heterocycles. The van der Waals surface area contributed by atoms with Crippen LogP contribution in [0.4, 0.5) is 0 Å². The van der Waals surface area contributed by atoms with Crippen LogP contribution in [-0.2, 0) is 14.4 Å². The van der Waals surface area contributed by atoms with Gasteiger partial charge in [0.15, 0.2) is 0 Å². The van der Waals surface area contributed by atoms with Crippen molar-refractivity contribution in [3.05, 3.63) is 41.0 Å². The molecule has 0 bridgehead atoms. The Bertz CT molecular complexity index is 968. The van der Waals surface area contributed by atoms with E-state index < -0.39 is 12.1 Å². The quantitative estimate of drug-likeness (QED) is 0.541. The first-order valence-corrected chi connectivity index (χ1v) is 12.3. The van der Waals surface area contributed by atoms with Crippen LogP contribution in [0.15, 0.2) is 29.8 Å². The molecule has 0 spiro atoms. The molecule has 3 N–H and O–H groups in total. The van der Waals surface area contributed by atoms with E-state index in [1.807, 2.05) is 52.3 Å². The van der Waals surface area contributed by atoms with Gasteiger partial charge in [-0.3, -0.25) is 14.4 Å². The van der Waals surface area contributed by atoms with E-state index in [0.717, 1.165) is 17.7 Å². The summed E-state index contributed by atoms with van der Waals surface area (Å²) in [6.07, 6.45) is 0.908. The van der Waals surface area contributed by atoms with Crippen molar-refractivity contribution in [3.63, 3.8) is 0 Å². The molecular weight excluding hydrogens is 452 g/mol. The van der Waals surface area contributed by atoms with E-state index in [0.29, 0.717) is 19.5 Å². The summed E-state index contributed by atoms with van der Waals surface area (Å²) >= 11 is 1.64. The number of β-amino-alcohol motifs (C(OH)–C–C–N with tert-alkyl or cyclic N) is 1. The highest BCUT2D eigenvalue weighted by Gasteiger charge is 2.37. The summed E-state index contributed by atoms with van der Waals surface area (Å²) in [5, 5.41) is 14.9. The van der Waals surface area contributed by atoms with E-state index in [1.165, 1.54) is 17.4 Å². The highest BCUT2D eigenvalue weighted by atomic mass is 32.1. The number of hydrogen-bond acceptors (Lipinski definition) is 6. The molecule has 0 saturated carbocycles. The molecule has 2 aromatic rings. The highest BCUT2D eigenvalue weighted by molar-refractivity contribution is 7.13. The molecule has 3 rings (SSSR count). The van der Waals surface area contributed by atoms with E-state index in [1.54, 1.807) is 16.2 Å². The minimum Gasteiger partial charge on any atom is -0.391 e. The van der Waals surface area contributed by atoms with E-state index >= 15 is 0 Å². The lowest BCUT2D eigenvalue weighted by atomic mass is 9.85. The van der Waals surface area contributed by atoms with Gasteiger partial charge in [0.1, 0.15) is 6.04 Å². The molecule has 3 amide bonds. The number of benzene rings is 1. The molecule has 1 aliphatic rings. The average molecular weight is 489 g/mol. The van der Waals surface area contributed by atoms with Gasteiger partial charge in [0, 0.05) is 20.0 Å². The van der Waals surface area contributed by atoms with Crippen molar-refractivity contribution in [2.45, 2.75) is 66.2 Å². The van der Waals surface area contributed by atoms with Crippen LogP contribution in [0.5, 0.6) is 0 Å². The summed E-state index contributed by atoms with van der Waals surface area (Å²) in [7, 11) is 0. The van der Waals surface area contributed by atoms with Gasteiger partial charge >= 0.3 is 0 Å². The number of likely N-dealkylation sites (tertiary alicyclic amines) is 1. The Morgan fingerprint density at radius 1 is 1.26 bits per heavy atom. The SMILES string of the molecule is CC(=O)NC(C(=O)N1CCC(O)C1)C(C)(C)C.Cc1ncsc1-c1ccc(C(C)NC=O)cc1. The maximum absolute atomic E-state index is 12.3. The van der Waals surface area contributed by atoms with Crippen molar-refractivity contribution in [3.8, 4) is 10.4 Å². The predicted octanol–water partition coefficient (Wildman–Crippen LogP) is 3.06. The summed E-state index contributed by atoms with van der Waals surface area (Å²) in [4.78, 5) is 40.9. The largest absolute Gasteiger partial charge is 0.391 e. The molecule has 0 aliphatic carbocycles. The fourth-order valence-corrected chi connectivity index (χ4v) is 4.49. The van der Waals surface area contributed by atoms with Gasteiger partial charge < -0.3 is 20.6 Å². The van der Waals surface area contributed by atoms with Gasteiger partial charge in [-0.25, -0.2) is 4.98 Å². The molecule has 9 heteroatoms. The summed E-state index contributed by atoms with van der Waals surface area (Å²) in [6.45, 7) is 12.0. The van der Waals surface area contributed by atoms with Crippen LogP contribution in [0.3, 0.4) is 0 Å². The van der Waals surface area contributed by atoms with Crippen molar-refractivity contribution >= 4 is 29.6 Å². The zero-order valence-electron chi connectivity index (χ0n) is 20.8. The second-order valence-corrected chi connectivity index (χ2v) is 10.5. The second kappa shape index (κ2) is 12.1. The number of hydrogen-bond donors (Lipinski definition) is 3. The number of aliphatic hydroxyl groups is 1. The van der Waals surface area contributed by atoms with E-state index in [9.17, 15) is 19.5 Å². The lowest BCUT2D eigenvalue weighted by molar-refractivity contribution is -0.138. The van der Waals surface area contributed by atoms with Crippen LogP contribution in [0, 0.1) is 12.3 Å². The number of aliphatic hydroxyl groups excluding tert-OH is 1. The number of nitrogens with zero attached hydrogens (tertiary/aromatic N) is 2. The lowest BCUT2D eigenvalue weighted by Gasteiger charge is -2.33. The Morgan fingerprint density at radius 2 is 1.91 bits per heavy atom. The summed E-state index contributed by atoms with van der Waals surface area (Å²) < 4.78 is 0. The molecular formula is C25H36N4O4S. The Morgan fingerprint density at radius 3 is 2.35 bits per heavy atom. The van der Waals surface area contributed by atoms with Crippen LogP contribution in [0.2, 0.25) is 0 Å². The molecule has 3 atom stereocenters. The summed E-state index contributed by atoms with van der Waals surface area (Å²) in [5.41, 5.74) is 4.85. The number of nitrogens with one attached hydrogen (secondary N) is 2. The normalized spacial score (nSPS) is 17.3. The van der Waals surface area contributed by atoms with Crippen molar-refractivity contribution in [1.29, 1.82) is 0 Å². The van der Waals surface area contributed by atoms with Gasteiger partial charge in [-0.15, -0.1) is 11.3 Å². The predicted molar refractivity (Wildman–Crippen MR) is 134 cm³/mol. The monoisotopic (exact) mass is 488 g/mol. The Balaban J connectivity index is 0.000000240. The van der Waals surface area contributed by atoms with E-state index in [4.69, 9.17) is 0 Å². The second-order valence-electron chi connectivity index (χ2n) is 9.62. The average Bonchev–Trinajstić information content (AvgIpc) is 3.39. The fourth-order valence-electron chi connectivity index (χ4n) is 3.68. The highest BCUT2D eigenvalue weighted by Crippen LogP contribution is 2.28. The van der Waals surface area contributed by atoms with Gasteiger partial charge in [0.25, 0.3) is 0 Å². The number of rotatable bonds is 6. The molecule has 0 radical (unpaired) electrons. The third-order valence-corrected chi connectivity index (χ3v) is 6.65. The van der Waals surface area contributed by atoms with Crippen molar-refractivity contribution in [1.82, 2.24) is 20.5 Å². The minimum atomic E-state index is -0.537. The fraction of sp³-hybridized carbons (Fsp3) is 0.520. The summed E-state index contributed by atoms with van der Waals surface area (Å²) in [6, 6.07) is 7.72. The molecule has 1 saturated heterocycles. The maximum atomic E-state index is 12.3. The van der Waals surface area contributed by atoms with Crippen LogP contribution in [0.1, 0.15) is 58.3 Å². The molecule has 1 fully saturated rings. The number of thiazole rings is 1. The summed E-state index contributed by atoms with van der Waals surface area (Å²) in [5.74, 6) is -0.317. The smallest absolute Gasteiger partial charge is 0.245 e. The molecule has 1 aliphatic heterocycles. The number of aromatic nitrogens is 1. The van der Waals surface area contributed by atoms with Gasteiger partial charge in [-0.05, 0) is 36.8 Å².